The lowest BCUT2D eigenvalue weighted by molar-refractivity contribution is -0.150. The van der Waals surface area contributed by atoms with Crippen molar-refractivity contribution in [2.24, 2.45) is 17.3 Å². The van der Waals surface area contributed by atoms with Gasteiger partial charge in [-0.25, -0.2) is 14.1 Å². The minimum absolute atomic E-state index is 0.0627. The highest BCUT2D eigenvalue weighted by molar-refractivity contribution is 6.31. The highest BCUT2D eigenvalue weighted by atomic mass is 35.5. The van der Waals surface area contributed by atoms with Gasteiger partial charge in [0.15, 0.2) is 0 Å². The van der Waals surface area contributed by atoms with Crippen LogP contribution in [0.1, 0.15) is 55.5 Å². The first-order chi connectivity index (χ1) is 16.7. The van der Waals surface area contributed by atoms with Crippen LogP contribution in [0.4, 0.5) is 10.1 Å². The monoisotopic (exact) mass is 516 g/mol. The molecule has 2 heterocycles. The molecule has 4 bridgehead atoms. The minimum atomic E-state index is -0.441. The first-order valence-electron chi connectivity index (χ1n) is 12.0. The Labute approximate surface area is 213 Å². The number of aryl methyl sites for hydroxylation is 1. The molecule has 4 saturated carbocycles. The molecule has 1 N–H and O–H groups in total. The molecule has 1 aromatic carbocycles. The molecule has 4 fully saturated rings. The molecule has 2 unspecified atom stereocenters. The lowest BCUT2D eigenvalue weighted by atomic mass is 9.46. The van der Waals surface area contributed by atoms with E-state index in [0.29, 0.717) is 23.4 Å². The van der Waals surface area contributed by atoms with Crippen molar-refractivity contribution in [3.8, 4) is 0 Å². The predicted molar refractivity (Wildman–Crippen MR) is 131 cm³/mol. The number of rotatable bonds is 5. The van der Waals surface area contributed by atoms with E-state index in [2.05, 4.69) is 20.5 Å². The number of hydrogen-bond donors (Lipinski definition) is 1. The molecule has 0 spiro atoms. The molecular formula is C25H27Cl2FN6O. The van der Waals surface area contributed by atoms with E-state index >= 15 is 0 Å². The van der Waals surface area contributed by atoms with Crippen LogP contribution in [0.15, 0.2) is 24.5 Å². The third kappa shape index (κ3) is 3.76. The first-order valence-corrected chi connectivity index (χ1v) is 12.8. The molecule has 0 radical (unpaired) electrons. The Hall–Kier alpha value is -2.45. The fourth-order valence-electron chi connectivity index (χ4n) is 7.31. The fourth-order valence-corrected chi connectivity index (χ4v) is 7.66. The van der Waals surface area contributed by atoms with Gasteiger partial charge in [0.05, 0.1) is 34.6 Å². The van der Waals surface area contributed by atoms with Crippen molar-refractivity contribution in [1.82, 2.24) is 24.5 Å². The number of benzene rings is 1. The second kappa shape index (κ2) is 8.03. The zero-order valence-electron chi connectivity index (χ0n) is 19.7. The zero-order valence-corrected chi connectivity index (χ0v) is 21.2. The molecule has 7 rings (SSSR count). The van der Waals surface area contributed by atoms with Crippen molar-refractivity contribution in [3.63, 3.8) is 0 Å². The number of nitrogens with zero attached hydrogens (tertiary/aromatic N) is 5. The summed E-state index contributed by atoms with van der Waals surface area (Å²) in [6.07, 6.45) is 7.48. The van der Waals surface area contributed by atoms with Gasteiger partial charge >= 0.3 is 0 Å². The van der Waals surface area contributed by atoms with E-state index in [0.717, 1.165) is 54.7 Å². The van der Waals surface area contributed by atoms with E-state index in [1.807, 2.05) is 23.2 Å². The molecule has 184 valence electrons. The van der Waals surface area contributed by atoms with E-state index in [-0.39, 0.29) is 22.5 Å². The molecule has 3 aromatic rings. The van der Waals surface area contributed by atoms with Crippen molar-refractivity contribution < 1.29 is 9.18 Å². The summed E-state index contributed by atoms with van der Waals surface area (Å²) >= 11 is 12.3. The Morgan fingerprint density at radius 3 is 2.57 bits per heavy atom. The molecule has 4 aliphatic carbocycles. The summed E-state index contributed by atoms with van der Waals surface area (Å²) < 4.78 is 17.2. The maximum absolute atomic E-state index is 13.9. The maximum atomic E-state index is 13.9. The van der Waals surface area contributed by atoms with Crippen molar-refractivity contribution in [2.45, 2.75) is 64.5 Å². The number of aromatic nitrogens is 5. The highest BCUT2D eigenvalue weighted by Crippen LogP contribution is 2.64. The van der Waals surface area contributed by atoms with Gasteiger partial charge in [-0.3, -0.25) is 9.48 Å². The molecule has 2 aromatic heterocycles. The molecule has 10 heteroatoms. The van der Waals surface area contributed by atoms with Gasteiger partial charge in [0, 0.05) is 5.02 Å². The average molecular weight is 517 g/mol. The summed E-state index contributed by atoms with van der Waals surface area (Å²) in [6.45, 7) is 4.22. The molecule has 2 atom stereocenters. The van der Waals surface area contributed by atoms with Crippen LogP contribution < -0.4 is 5.32 Å². The largest absolute Gasteiger partial charge is 0.322 e. The van der Waals surface area contributed by atoms with E-state index in [9.17, 15) is 9.18 Å². The van der Waals surface area contributed by atoms with Crippen LogP contribution in [0.3, 0.4) is 0 Å². The zero-order chi connectivity index (χ0) is 24.5. The fraction of sp³-hybridized carbons (Fsp3) is 0.520. The Kier molecular flexibility index (Phi) is 5.27. The standard InChI is InChI=1S/C25H27Cl2FN6O/c1-14-21(15(2)33(31-14)11-18-3-4-19(28)6-20(18)26)30-22(35)24-7-16-5-17(8-24)10-25(9-16,12-24)34-13-29-23(27)32-34/h3-4,6,13,16-17H,5,7-12H2,1-2H3,(H,30,35). The smallest absolute Gasteiger partial charge is 0.242 e. The first kappa shape index (κ1) is 23.0. The Morgan fingerprint density at radius 2 is 1.91 bits per heavy atom. The van der Waals surface area contributed by atoms with Crippen LogP contribution in [0.5, 0.6) is 0 Å². The van der Waals surface area contributed by atoms with Gasteiger partial charge in [0.25, 0.3) is 0 Å². The maximum Gasteiger partial charge on any atom is 0.242 e. The summed E-state index contributed by atoms with van der Waals surface area (Å²) in [6, 6.07) is 4.36. The van der Waals surface area contributed by atoms with Crippen LogP contribution in [0.2, 0.25) is 10.3 Å². The number of amides is 1. The molecule has 1 amide bonds. The van der Waals surface area contributed by atoms with Crippen LogP contribution in [-0.4, -0.2) is 30.5 Å². The van der Waals surface area contributed by atoms with Gasteiger partial charge in [-0.2, -0.15) is 5.10 Å². The number of carbonyl (C=O) groups excluding carboxylic acids is 1. The normalized spacial score (nSPS) is 29.1. The summed E-state index contributed by atoms with van der Waals surface area (Å²) in [7, 11) is 0. The van der Waals surface area contributed by atoms with Gasteiger partial charge in [0.2, 0.25) is 11.2 Å². The van der Waals surface area contributed by atoms with E-state index in [4.69, 9.17) is 23.2 Å². The van der Waals surface area contributed by atoms with Gasteiger partial charge in [0.1, 0.15) is 12.1 Å². The highest BCUT2D eigenvalue weighted by Gasteiger charge is 2.61. The topological polar surface area (TPSA) is 77.6 Å². The molecule has 0 aliphatic heterocycles. The molecule has 4 aliphatic rings. The third-order valence-electron chi connectivity index (χ3n) is 8.42. The van der Waals surface area contributed by atoms with Crippen molar-refractivity contribution in [1.29, 1.82) is 0 Å². The number of halogens is 3. The van der Waals surface area contributed by atoms with Crippen molar-refractivity contribution in [3.05, 3.63) is 57.6 Å². The lowest BCUT2D eigenvalue weighted by Crippen LogP contribution is -2.60. The van der Waals surface area contributed by atoms with Gasteiger partial charge in [-0.15, -0.1) is 5.10 Å². The number of anilines is 1. The molecule has 7 nitrogen and oxygen atoms in total. The van der Waals surface area contributed by atoms with Gasteiger partial charge in [-0.1, -0.05) is 17.7 Å². The third-order valence-corrected chi connectivity index (χ3v) is 8.94. The number of carbonyl (C=O) groups is 1. The summed E-state index contributed by atoms with van der Waals surface area (Å²) in [5, 5.41) is 13.0. The Balaban J connectivity index is 1.27. The van der Waals surface area contributed by atoms with Crippen LogP contribution in [0.25, 0.3) is 0 Å². The van der Waals surface area contributed by atoms with Crippen molar-refractivity contribution in [2.75, 3.05) is 5.32 Å². The van der Waals surface area contributed by atoms with Gasteiger partial charge in [-0.05, 0) is 93.5 Å². The van der Waals surface area contributed by atoms with E-state index in [1.54, 1.807) is 12.4 Å². The SMILES string of the molecule is Cc1nn(Cc2ccc(F)cc2Cl)c(C)c1NC(=O)C12CC3CC(C1)CC(n1cnc(Cl)n1)(C3)C2. The van der Waals surface area contributed by atoms with E-state index < -0.39 is 5.41 Å². The van der Waals surface area contributed by atoms with Crippen LogP contribution >= 0.6 is 23.2 Å². The second-order valence-electron chi connectivity index (χ2n) is 10.8. The second-order valence-corrected chi connectivity index (χ2v) is 11.6. The van der Waals surface area contributed by atoms with Gasteiger partial charge < -0.3 is 5.32 Å². The summed E-state index contributed by atoms with van der Waals surface area (Å²) in [5.74, 6) is 0.681. The lowest BCUT2D eigenvalue weighted by Gasteiger charge is -2.60. The van der Waals surface area contributed by atoms with E-state index in [1.165, 1.54) is 18.6 Å². The van der Waals surface area contributed by atoms with Crippen LogP contribution in [-0.2, 0) is 16.9 Å². The Bertz CT molecular complexity index is 1320. The summed E-state index contributed by atoms with van der Waals surface area (Å²) in [4.78, 5) is 18.1. The molecular weight excluding hydrogens is 490 g/mol. The van der Waals surface area contributed by atoms with Crippen molar-refractivity contribution >= 4 is 34.8 Å². The number of nitrogens with one attached hydrogen (secondary N) is 1. The number of hydrogen-bond acceptors (Lipinski definition) is 4. The average Bonchev–Trinajstić information content (AvgIpc) is 3.34. The predicted octanol–water partition coefficient (Wildman–Crippen LogP) is 5.52. The molecule has 0 saturated heterocycles. The Morgan fingerprint density at radius 1 is 1.17 bits per heavy atom. The quantitative estimate of drug-likeness (QED) is 0.484. The summed E-state index contributed by atoms with van der Waals surface area (Å²) in [5.41, 5.74) is 2.46. The molecule has 35 heavy (non-hydrogen) atoms. The minimum Gasteiger partial charge on any atom is -0.322 e. The van der Waals surface area contributed by atoms with Crippen LogP contribution in [0, 0.1) is 36.9 Å².